The molecule has 0 aliphatic carbocycles. The number of hydrogen-bond acceptors (Lipinski definition) is 7. The minimum absolute atomic E-state index is 0.00490. The molecule has 1 aromatic carbocycles. The molecule has 1 aromatic heterocycles. The van der Waals surface area contributed by atoms with Crippen molar-refractivity contribution in [2.75, 3.05) is 19.7 Å². The molecule has 1 fully saturated rings. The Morgan fingerprint density at radius 3 is 2.55 bits per heavy atom. The minimum atomic E-state index is -5.09. The number of likely N-dealkylation sites (tertiary alicyclic amines) is 1. The first kappa shape index (κ1) is 24.6. The summed E-state index contributed by atoms with van der Waals surface area (Å²) in [7, 11) is 0. The van der Waals surface area contributed by atoms with E-state index in [9.17, 15) is 22.4 Å². The van der Waals surface area contributed by atoms with E-state index < -0.39 is 41.5 Å². The van der Waals surface area contributed by atoms with E-state index in [-0.39, 0.29) is 37.0 Å². The summed E-state index contributed by atoms with van der Waals surface area (Å²) in [5, 5.41) is 3.71. The molecule has 0 bridgehead atoms. The Bertz CT molecular complexity index is 974. The van der Waals surface area contributed by atoms with Crippen LogP contribution < -0.4 is 9.47 Å². The monoisotopic (exact) mass is 475 g/mol. The second kappa shape index (κ2) is 9.44. The highest BCUT2D eigenvalue weighted by Crippen LogP contribution is 2.41. The van der Waals surface area contributed by atoms with Crippen molar-refractivity contribution in [3.8, 4) is 11.8 Å². The van der Waals surface area contributed by atoms with Crippen LogP contribution in [0, 0.1) is 5.82 Å². The number of benzene rings is 1. The van der Waals surface area contributed by atoms with Gasteiger partial charge in [0.25, 0.3) is 0 Å². The summed E-state index contributed by atoms with van der Waals surface area (Å²) < 4.78 is 73.1. The first-order chi connectivity index (χ1) is 15.4. The van der Waals surface area contributed by atoms with Crippen LogP contribution in [0.3, 0.4) is 0 Å². The molecule has 0 N–H and O–H groups in total. The number of hydrogen-bond donors (Lipinski definition) is 0. The third-order valence-electron chi connectivity index (χ3n) is 4.80. The first-order valence-electron chi connectivity index (χ1n) is 10.3. The van der Waals surface area contributed by atoms with Crippen molar-refractivity contribution in [1.29, 1.82) is 0 Å². The molecule has 2 heterocycles. The van der Waals surface area contributed by atoms with Gasteiger partial charge in [0.15, 0.2) is 11.6 Å². The van der Waals surface area contributed by atoms with Crippen molar-refractivity contribution in [3.05, 3.63) is 35.5 Å². The fourth-order valence-corrected chi connectivity index (χ4v) is 3.62. The molecule has 1 aliphatic rings. The number of rotatable bonds is 5. The van der Waals surface area contributed by atoms with Gasteiger partial charge in [-0.2, -0.15) is 4.98 Å². The highest BCUT2D eigenvalue weighted by molar-refractivity contribution is 5.68. The second-order valence-corrected chi connectivity index (χ2v) is 8.57. The first-order valence-corrected chi connectivity index (χ1v) is 10.3. The molecule has 12 heteroatoms. The number of halogens is 4. The average molecular weight is 475 g/mol. The van der Waals surface area contributed by atoms with E-state index in [2.05, 4.69) is 14.9 Å². The number of aromatic nitrogens is 2. The quantitative estimate of drug-likeness (QED) is 0.562. The summed E-state index contributed by atoms with van der Waals surface area (Å²) in [5.41, 5.74) is -0.828. The maximum absolute atomic E-state index is 14.3. The van der Waals surface area contributed by atoms with E-state index in [4.69, 9.17) is 14.0 Å². The fraction of sp³-hybridized carbons (Fsp3) is 0.571. The molecule has 1 amide bonds. The molecule has 0 spiro atoms. The molecule has 8 nitrogen and oxygen atoms in total. The molecule has 33 heavy (non-hydrogen) atoms. The minimum Gasteiger partial charge on any atom is -0.462 e. The number of alkyl halides is 3. The maximum Gasteiger partial charge on any atom is 0.573 e. The zero-order valence-electron chi connectivity index (χ0n) is 18.6. The van der Waals surface area contributed by atoms with Gasteiger partial charge in [0.2, 0.25) is 5.89 Å². The van der Waals surface area contributed by atoms with Crippen molar-refractivity contribution in [2.45, 2.75) is 57.9 Å². The molecular formula is C21H25F4N3O5. The zero-order chi connectivity index (χ0) is 24.4. The molecule has 2 atom stereocenters. The Balaban J connectivity index is 1.96. The standard InChI is InChI=1S/C21H25F4N3O5/c1-5-30-18-26-17(33-27-18)13-9-12(10-28(11-13)19(29)32-20(2,3)4)14-7-6-8-15(22)16(14)31-21(23,24)25/h6-8,12-13H,5,9-11H2,1-4H3. The average Bonchev–Trinajstić information content (AvgIpc) is 3.16. The third-order valence-corrected chi connectivity index (χ3v) is 4.80. The Kier molecular flexibility index (Phi) is 7.03. The van der Waals surface area contributed by atoms with Crippen LogP contribution in [-0.4, -0.2) is 52.8 Å². The second-order valence-electron chi connectivity index (χ2n) is 8.57. The predicted molar refractivity (Wildman–Crippen MR) is 106 cm³/mol. The van der Waals surface area contributed by atoms with E-state index in [0.29, 0.717) is 6.61 Å². The summed E-state index contributed by atoms with van der Waals surface area (Å²) >= 11 is 0. The summed E-state index contributed by atoms with van der Waals surface area (Å²) in [6, 6.07) is 3.51. The molecule has 1 saturated heterocycles. The lowest BCUT2D eigenvalue weighted by Gasteiger charge is -2.37. The lowest BCUT2D eigenvalue weighted by molar-refractivity contribution is -0.276. The molecule has 182 valence electrons. The van der Waals surface area contributed by atoms with Crippen molar-refractivity contribution >= 4 is 6.09 Å². The maximum atomic E-state index is 14.3. The Labute approximate surface area is 187 Å². The van der Waals surface area contributed by atoms with Crippen LogP contribution in [0.1, 0.15) is 57.4 Å². The number of para-hydroxylation sites is 1. The van der Waals surface area contributed by atoms with Crippen LogP contribution >= 0.6 is 0 Å². The van der Waals surface area contributed by atoms with Gasteiger partial charge in [0.05, 0.1) is 12.5 Å². The van der Waals surface area contributed by atoms with Crippen LogP contribution in [0.2, 0.25) is 0 Å². The van der Waals surface area contributed by atoms with Gasteiger partial charge in [-0.1, -0.05) is 12.1 Å². The summed E-state index contributed by atoms with van der Waals surface area (Å²) in [5.74, 6) is -3.23. The van der Waals surface area contributed by atoms with E-state index in [1.807, 2.05) is 0 Å². The summed E-state index contributed by atoms with van der Waals surface area (Å²) in [4.78, 5) is 18.3. The van der Waals surface area contributed by atoms with Gasteiger partial charge in [0, 0.05) is 24.6 Å². The number of amides is 1. The molecule has 0 saturated carbocycles. The predicted octanol–water partition coefficient (Wildman–Crippen LogP) is 5.01. The van der Waals surface area contributed by atoms with Crippen LogP contribution in [0.15, 0.2) is 22.7 Å². The van der Waals surface area contributed by atoms with E-state index in [0.717, 1.165) is 6.07 Å². The third kappa shape index (κ3) is 6.48. The number of nitrogens with zero attached hydrogens (tertiary/aromatic N) is 3. The topological polar surface area (TPSA) is 86.9 Å². The van der Waals surface area contributed by atoms with Gasteiger partial charge in [-0.15, -0.1) is 13.2 Å². The van der Waals surface area contributed by atoms with Gasteiger partial charge in [0.1, 0.15) is 5.60 Å². The molecule has 2 aromatic rings. The normalized spacial score (nSPS) is 19.3. The van der Waals surface area contributed by atoms with E-state index in [1.165, 1.54) is 17.0 Å². The Morgan fingerprint density at radius 1 is 1.21 bits per heavy atom. The van der Waals surface area contributed by atoms with E-state index >= 15 is 0 Å². The SMILES string of the molecule is CCOc1noc(C2CC(c3cccc(F)c3OC(F)(F)F)CN(C(=O)OC(C)(C)C)C2)n1. The van der Waals surface area contributed by atoms with Crippen LogP contribution in [0.25, 0.3) is 0 Å². The van der Waals surface area contributed by atoms with Crippen molar-refractivity contribution in [1.82, 2.24) is 15.0 Å². The smallest absolute Gasteiger partial charge is 0.462 e. The van der Waals surface area contributed by atoms with Crippen molar-refractivity contribution < 1.29 is 41.1 Å². The molecule has 0 radical (unpaired) electrons. The number of carbonyl (C=O) groups is 1. The Morgan fingerprint density at radius 2 is 1.91 bits per heavy atom. The Hall–Kier alpha value is -3.05. The number of piperidine rings is 1. The highest BCUT2D eigenvalue weighted by atomic mass is 19.4. The van der Waals surface area contributed by atoms with Gasteiger partial charge >= 0.3 is 18.5 Å². The largest absolute Gasteiger partial charge is 0.573 e. The zero-order valence-corrected chi connectivity index (χ0v) is 18.6. The lowest BCUT2D eigenvalue weighted by Crippen LogP contribution is -2.45. The molecule has 3 rings (SSSR count). The summed E-state index contributed by atoms with van der Waals surface area (Å²) in [6.07, 6.45) is -5.56. The lowest BCUT2D eigenvalue weighted by atomic mass is 9.84. The van der Waals surface area contributed by atoms with E-state index in [1.54, 1.807) is 27.7 Å². The van der Waals surface area contributed by atoms with Gasteiger partial charge in [-0.25, -0.2) is 9.18 Å². The van der Waals surface area contributed by atoms with Gasteiger partial charge in [-0.05, 0) is 45.3 Å². The fourth-order valence-electron chi connectivity index (χ4n) is 3.62. The van der Waals surface area contributed by atoms with Gasteiger partial charge < -0.3 is 23.6 Å². The van der Waals surface area contributed by atoms with Crippen molar-refractivity contribution in [2.24, 2.45) is 0 Å². The highest BCUT2D eigenvalue weighted by Gasteiger charge is 2.40. The summed E-state index contributed by atoms with van der Waals surface area (Å²) in [6.45, 7) is 7.22. The van der Waals surface area contributed by atoms with Crippen LogP contribution in [0.4, 0.5) is 22.4 Å². The molecule has 2 unspecified atom stereocenters. The molecular weight excluding hydrogens is 450 g/mol. The van der Waals surface area contributed by atoms with Crippen molar-refractivity contribution in [3.63, 3.8) is 0 Å². The number of ether oxygens (including phenoxy) is 3. The van der Waals surface area contributed by atoms with Crippen LogP contribution in [0.5, 0.6) is 11.8 Å². The number of carbonyl (C=O) groups excluding carboxylic acids is 1. The van der Waals surface area contributed by atoms with Gasteiger partial charge in [-0.3, -0.25) is 0 Å². The molecule has 1 aliphatic heterocycles. The van der Waals surface area contributed by atoms with Crippen LogP contribution in [-0.2, 0) is 4.74 Å².